The number of aromatic nitrogens is 4. The summed E-state index contributed by atoms with van der Waals surface area (Å²) < 4.78 is 16.1. The molecule has 0 bridgehead atoms. The molecule has 2 heterocycles. The quantitative estimate of drug-likeness (QED) is 0.752. The second kappa shape index (κ2) is 6.79. The highest BCUT2D eigenvalue weighted by molar-refractivity contribution is 6.10. The van der Waals surface area contributed by atoms with E-state index in [2.05, 4.69) is 10.2 Å². The number of rotatable bonds is 5. The van der Waals surface area contributed by atoms with Crippen LogP contribution in [0.15, 0.2) is 42.9 Å². The molecule has 0 aliphatic heterocycles. The second-order valence-corrected chi connectivity index (χ2v) is 5.73. The molecule has 0 aliphatic carbocycles. The third-order valence-corrected chi connectivity index (χ3v) is 3.85. The molecule has 1 amide bonds. The zero-order valence-electron chi connectivity index (χ0n) is 14.1. The van der Waals surface area contributed by atoms with Crippen molar-refractivity contribution in [3.63, 3.8) is 0 Å². The first-order valence-electron chi connectivity index (χ1n) is 7.67. The fourth-order valence-electron chi connectivity index (χ4n) is 2.61. The molecule has 3 rings (SSSR count). The van der Waals surface area contributed by atoms with Crippen LogP contribution in [0.25, 0.3) is 0 Å². The van der Waals surface area contributed by atoms with Gasteiger partial charge in [-0.05, 0) is 24.3 Å². The Morgan fingerprint density at radius 2 is 1.85 bits per heavy atom. The lowest BCUT2D eigenvalue weighted by Crippen LogP contribution is -2.33. The van der Waals surface area contributed by atoms with Crippen LogP contribution in [0.1, 0.15) is 26.4 Å². The molecule has 8 nitrogen and oxygen atoms in total. The Bertz CT molecular complexity index is 961. The van der Waals surface area contributed by atoms with E-state index in [-0.39, 0.29) is 17.8 Å². The van der Waals surface area contributed by atoms with Crippen molar-refractivity contribution >= 4 is 17.6 Å². The van der Waals surface area contributed by atoms with E-state index in [1.165, 1.54) is 40.9 Å². The van der Waals surface area contributed by atoms with Crippen molar-refractivity contribution in [2.45, 2.75) is 6.54 Å². The molecule has 0 unspecified atom stereocenters. The normalized spacial score (nSPS) is 10.7. The molecule has 0 saturated heterocycles. The van der Waals surface area contributed by atoms with Gasteiger partial charge in [-0.1, -0.05) is 0 Å². The number of carbonyl (C=O) groups excluding carboxylic acids is 1. The van der Waals surface area contributed by atoms with Gasteiger partial charge in [0.05, 0.1) is 18.9 Å². The lowest BCUT2D eigenvalue weighted by atomic mass is 10.2. The van der Waals surface area contributed by atoms with Gasteiger partial charge in [0.2, 0.25) is 0 Å². The number of benzene rings is 1. The maximum Gasteiger partial charge on any atom is 0.339 e. The van der Waals surface area contributed by atoms with E-state index in [1.54, 1.807) is 24.1 Å². The summed E-state index contributed by atoms with van der Waals surface area (Å²) in [5.74, 6) is -2.24. The van der Waals surface area contributed by atoms with E-state index < -0.39 is 17.7 Å². The van der Waals surface area contributed by atoms with Gasteiger partial charge in [-0.25, -0.2) is 9.18 Å². The number of anilines is 1. The summed E-state index contributed by atoms with van der Waals surface area (Å²) in [6.45, 7) is 0.141. The standard InChI is InChI=1S/C17H16FN5O3/c1-21-9-11(7-19-21)10-23(13-5-3-12(18)4-6-13)16(24)15-14(17(25)26)8-20-22(15)2/h3-9H,10H2,1-2H3,(H,25,26). The smallest absolute Gasteiger partial charge is 0.339 e. The first-order chi connectivity index (χ1) is 12.4. The number of aromatic carboxylic acids is 1. The zero-order chi connectivity index (χ0) is 18.8. The van der Waals surface area contributed by atoms with Crippen molar-refractivity contribution in [2.24, 2.45) is 14.1 Å². The SMILES string of the molecule is Cn1cc(CN(C(=O)c2c(C(=O)O)cnn2C)c2ccc(F)cc2)cn1. The number of amides is 1. The summed E-state index contributed by atoms with van der Waals surface area (Å²) in [5, 5.41) is 17.3. The van der Waals surface area contributed by atoms with E-state index in [4.69, 9.17) is 0 Å². The highest BCUT2D eigenvalue weighted by atomic mass is 19.1. The molecule has 2 aromatic heterocycles. The van der Waals surface area contributed by atoms with Gasteiger partial charge in [-0.2, -0.15) is 10.2 Å². The highest BCUT2D eigenvalue weighted by Crippen LogP contribution is 2.22. The molecule has 1 N–H and O–H groups in total. The third-order valence-electron chi connectivity index (χ3n) is 3.85. The summed E-state index contributed by atoms with van der Waals surface area (Å²) in [4.78, 5) is 25.9. The molecular weight excluding hydrogens is 341 g/mol. The number of nitrogens with zero attached hydrogens (tertiary/aromatic N) is 5. The molecule has 0 radical (unpaired) electrons. The minimum atomic E-state index is -1.25. The van der Waals surface area contributed by atoms with Crippen molar-refractivity contribution < 1.29 is 19.1 Å². The van der Waals surface area contributed by atoms with Crippen LogP contribution in [-0.4, -0.2) is 36.5 Å². The van der Waals surface area contributed by atoms with Crippen LogP contribution in [0, 0.1) is 5.82 Å². The maximum atomic E-state index is 13.3. The van der Waals surface area contributed by atoms with Gasteiger partial charge < -0.3 is 10.0 Å². The summed E-state index contributed by atoms with van der Waals surface area (Å²) >= 11 is 0. The molecule has 1 aromatic carbocycles. The minimum Gasteiger partial charge on any atom is -0.478 e. The predicted octanol–water partition coefficient (Wildman–Crippen LogP) is 1.84. The molecular formula is C17H16FN5O3. The second-order valence-electron chi connectivity index (χ2n) is 5.73. The van der Waals surface area contributed by atoms with Gasteiger partial charge in [-0.3, -0.25) is 14.2 Å². The molecule has 9 heteroatoms. The Balaban J connectivity index is 2.05. The lowest BCUT2D eigenvalue weighted by Gasteiger charge is -2.22. The lowest BCUT2D eigenvalue weighted by molar-refractivity contribution is 0.0691. The highest BCUT2D eigenvalue weighted by Gasteiger charge is 2.27. The van der Waals surface area contributed by atoms with Crippen LogP contribution < -0.4 is 4.90 Å². The van der Waals surface area contributed by atoms with Crippen LogP contribution >= 0.6 is 0 Å². The molecule has 0 fully saturated rings. The topological polar surface area (TPSA) is 93.3 Å². The molecule has 0 aliphatic rings. The average molecular weight is 357 g/mol. The van der Waals surface area contributed by atoms with Gasteiger partial charge in [0.25, 0.3) is 5.91 Å². The Hall–Kier alpha value is -3.49. The van der Waals surface area contributed by atoms with Gasteiger partial charge in [0.15, 0.2) is 0 Å². The number of carboxylic acids is 1. The van der Waals surface area contributed by atoms with E-state index in [9.17, 15) is 19.1 Å². The van der Waals surface area contributed by atoms with Crippen LogP contribution in [0.5, 0.6) is 0 Å². The Labute approximate surface area is 148 Å². The first kappa shape index (κ1) is 17.3. The van der Waals surface area contributed by atoms with Gasteiger partial charge >= 0.3 is 5.97 Å². The fourth-order valence-corrected chi connectivity index (χ4v) is 2.61. The van der Waals surface area contributed by atoms with Crippen molar-refractivity contribution in [3.05, 3.63) is 65.5 Å². The number of carbonyl (C=O) groups is 2. The molecule has 3 aromatic rings. The first-order valence-corrected chi connectivity index (χ1v) is 7.67. The van der Waals surface area contributed by atoms with E-state index >= 15 is 0 Å². The monoisotopic (exact) mass is 357 g/mol. The summed E-state index contributed by atoms with van der Waals surface area (Å²) in [7, 11) is 3.24. The predicted molar refractivity (Wildman–Crippen MR) is 90.3 cm³/mol. The van der Waals surface area contributed by atoms with Crippen molar-refractivity contribution in [1.29, 1.82) is 0 Å². The third kappa shape index (κ3) is 3.32. The zero-order valence-corrected chi connectivity index (χ0v) is 14.1. The molecule has 0 saturated carbocycles. The Morgan fingerprint density at radius 1 is 1.15 bits per heavy atom. The van der Waals surface area contributed by atoms with Crippen LogP contribution in [0.4, 0.5) is 10.1 Å². The average Bonchev–Trinajstić information content (AvgIpc) is 3.18. The van der Waals surface area contributed by atoms with Crippen LogP contribution in [0.3, 0.4) is 0 Å². The van der Waals surface area contributed by atoms with Crippen molar-refractivity contribution in [3.8, 4) is 0 Å². The van der Waals surface area contributed by atoms with Crippen LogP contribution in [-0.2, 0) is 20.6 Å². The van der Waals surface area contributed by atoms with Crippen molar-refractivity contribution in [1.82, 2.24) is 19.6 Å². The number of halogens is 1. The van der Waals surface area contributed by atoms with Gasteiger partial charge in [0, 0.05) is 31.5 Å². The number of carboxylic acid groups (broad SMARTS) is 1. The minimum absolute atomic E-state index is 0.0642. The Kier molecular flexibility index (Phi) is 4.53. The van der Waals surface area contributed by atoms with E-state index in [0.717, 1.165) is 11.8 Å². The number of aryl methyl sites for hydroxylation is 2. The molecule has 0 spiro atoms. The molecule has 26 heavy (non-hydrogen) atoms. The van der Waals surface area contributed by atoms with Gasteiger partial charge in [-0.15, -0.1) is 0 Å². The number of hydrogen-bond acceptors (Lipinski definition) is 4. The number of hydrogen-bond donors (Lipinski definition) is 1. The van der Waals surface area contributed by atoms with Crippen LogP contribution in [0.2, 0.25) is 0 Å². The Morgan fingerprint density at radius 3 is 2.42 bits per heavy atom. The van der Waals surface area contributed by atoms with E-state index in [1.807, 2.05) is 0 Å². The maximum absolute atomic E-state index is 13.3. The van der Waals surface area contributed by atoms with Crippen molar-refractivity contribution in [2.75, 3.05) is 4.90 Å². The largest absolute Gasteiger partial charge is 0.478 e. The molecule has 134 valence electrons. The summed E-state index contributed by atoms with van der Waals surface area (Å²) in [5.41, 5.74) is 0.906. The van der Waals surface area contributed by atoms with E-state index in [0.29, 0.717) is 5.69 Å². The van der Waals surface area contributed by atoms with Gasteiger partial charge in [0.1, 0.15) is 17.1 Å². The molecule has 0 atom stereocenters. The fraction of sp³-hybridized carbons (Fsp3) is 0.176. The summed E-state index contributed by atoms with van der Waals surface area (Å²) in [6.07, 6.45) is 4.47. The summed E-state index contributed by atoms with van der Waals surface area (Å²) in [6, 6.07) is 5.39.